The summed E-state index contributed by atoms with van der Waals surface area (Å²) in [6, 6.07) is 0. The molecule has 0 N–H and O–H groups in total. The summed E-state index contributed by atoms with van der Waals surface area (Å²) in [7, 11) is 0. The normalized spacial score (nSPS) is 10.4. The van der Waals surface area contributed by atoms with E-state index in [1.54, 1.807) is 0 Å². The van der Waals surface area contributed by atoms with Crippen LogP contribution in [0.1, 0.15) is 104 Å². The van der Waals surface area contributed by atoms with Gasteiger partial charge < -0.3 is 0 Å². The lowest BCUT2D eigenvalue weighted by molar-refractivity contribution is 0.496. The van der Waals surface area contributed by atoms with Crippen LogP contribution >= 0.6 is 0 Å². The van der Waals surface area contributed by atoms with Crippen LogP contribution < -0.4 is 0 Å². The summed E-state index contributed by atoms with van der Waals surface area (Å²) in [5.41, 5.74) is 1.33. The van der Waals surface area contributed by atoms with E-state index in [1.165, 1.54) is 76.3 Å². The quantitative estimate of drug-likeness (QED) is 0.407. The molecule has 0 radical (unpaired) electrons. The average Bonchev–Trinajstić information content (AvgIpc) is 3.00. The Bertz CT molecular complexity index is 320. The highest BCUT2D eigenvalue weighted by molar-refractivity contribution is 4.93. The Labute approximate surface area is 138 Å². The topological polar surface area (TPSA) is 30.7 Å². The molecule has 130 valence electrons. The fourth-order valence-electron chi connectivity index (χ4n) is 2.61. The SMILES string of the molecule is CC.CCCCCCCCCn1nncc1CCCCCC. The maximum absolute atomic E-state index is 4.23. The van der Waals surface area contributed by atoms with Gasteiger partial charge in [-0.15, -0.1) is 5.10 Å². The van der Waals surface area contributed by atoms with Crippen molar-refractivity contribution in [1.29, 1.82) is 0 Å². The Kier molecular flexibility index (Phi) is 15.9. The molecule has 1 aromatic heterocycles. The van der Waals surface area contributed by atoms with E-state index in [1.807, 2.05) is 20.0 Å². The summed E-state index contributed by atoms with van der Waals surface area (Å²) in [5, 5.41) is 8.30. The Morgan fingerprint density at radius 2 is 1.32 bits per heavy atom. The third-order valence-corrected chi connectivity index (χ3v) is 3.96. The number of nitrogens with zero attached hydrogens (tertiary/aromatic N) is 3. The van der Waals surface area contributed by atoms with Gasteiger partial charge in [-0.3, -0.25) is 0 Å². The van der Waals surface area contributed by atoms with E-state index >= 15 is 0 Å². The summed E-state index contributed by atoms with van der Waals surface area (Å²) >= 11 is 0. The zero-order chi connectivity index (χ0) is 16.5. The van der Waals surface area contributed by atoms with Crippen LogP contribution in [0, 0.1) is 0 Å². The minimum Gasteiger partial charge on any atom is -0.249 e. The fraction of sp³-hybridized carbons (Fsp3) is 0.895. The maximum atomic E-state index is 4.23. The fourth-order valence-corrected chi connectivity index (χ4v) is 2.61. The molecule has 0 saturated heterocycles. The van der Waals surface area contributed by atoms with Gasteiger partial charge in [0.1, 0.15) is 0 Å². The molecule has 0 amide bonds. The smallest absolute Gasteiger partial charge is 0.0725 e. The van der Waals surface area contributed by atoms with E-state index in [2.05, 4.69) is 28.8 Å². The number of aryl methyl sites for hydroxylation is 2. The molecule has 0 fully saturated rings. The molecular formula is C19H39N3. The minimum atomic E-state index is 1.05. The molecule has 0 aliphatic heterocycles. The number of rotatable bonds is 13. The Hall–Kier alpha value is -0.860. The molecule has 0 aliphatic rings. The molecule has 0 atom stereocenters. The average molecular weight is 310 g/mol. The van der Waals surface area contributed by atoms with Crippen LogP contribution in [-0.2, 0) is 13.0 Å². The van der Waals surface area contributed by atoms with Gasteiger partial charge in [0.2, 0.25) is 0 Å². The largest absolute Gasteiger partial charge is 0.249 e. The predicted molar refractivity (Wildman–Crippen MR) is 97.2 cm³/mol. The highest BCUT2D eigenvalue weighted by Crippen LogP contribution is 2.10. The number of hydrogen-bond acceptors (Lipinski definition) is 2. The summed E-state index contributed by atoms with van der Waals surface area (Å²) in [4.78, 5) is 0. The van der Waals surface area contributed by atoms with Crippen molar-refractivity contribution >= 4 is 0 Å². The first kappa shape index (κ1) is 21.1. The van der Waals surface area contributed by atoms with Gasteiger partial charge in [-0.2, -0.15) is 0 Å². The van der Waals surface area contributed by atoms with Crippen LogP contribution in [-0.4, -0.2) is 15.0 Å². The van der Waals surface area contributed by atoms with E-state index in [0.717, 1.165) is 13.0 Å². The van der Waals surface area contributed by atoms with Gasteiger partial charge in [-0.1, -0.05) is 90.7 Å². The molecular weight excluding hydrogens is 270 g/mol. The molecule has 1 rings (SSSR count). The Morgan fingerprint density at radius 1 is 0.773 bits per heavy atom. The van der Waals surface area contributed by atoms with E-state index in [0.29, 0.717) is 0 Å². The first-order chi connectivity index (χ1) is 10.9. The first-order valence-corrected chi connectivity index (χ1v) is 9.75. The van der Waals surface area contributed by atoms with Crippen molar-refractivity contribution in [3.63, 3.8) is 0 Å². The van der Waals surface area contributed by atoms with Crippen LogP contribution in [0.4, 0.5) is 0 Å². The second-order valence-electron chi connectivity index (χ2n) is 5.88. The van der Waals surface area contributed by atoms with E-state index in [4.69, 9.17) is 0 Å². The summed E-state index contributed by atoms with van der Waals surface area (Å²) in [5.74, 6) is 0. The summed E-state index contributed by atoms with van der Waals surface area (Å²) in [6.45, 7) is 9.58. The van der Waals surface area contributed by atoms with Crippen molar-refractivity contribution in [3.8, 4) is 0 Å². The van der Waals surface area contributed by atoms with Crippen molar-refractivity contribution in [2.24, 2.45) is 0 Å². The summed E-state index contributed by atoms with van der Waals surface area (Å²) in [6.07, 6.45) is 17.8. The zero-order valence-corrected chi connectivity index (χ0v) is 15.6. The summed E-state index contributed by atoms with van der Waals surface area (Å²) < 4.78 is 2.12. The van der Waals surface area contributed by atoms with E-state index < -0.39 is 0 Å². The van der Waals surface area contributed by atoms with Crippen LogP contribution in [0.5, 0.6) is 0 Å². The first-order valence-electron chi connectivity index (χ1n) is 9.75. The van der Waals surface area contributed by atoms with Gasteiger partial charge in [0.15, 0.2) is 0 Å². The van der Waals surface area contributed by atoms with Crippen LogP contribution in [0.3, 0.4) is 0 Å². The third-order valence-electron chi connectivity index (χ3n) is 3.96. The van der Waals surface area contributed by atoms with Crippen molar-refractivity contribution in [1.82, 2.24) is 15.0 Å². The highest BCUT2D eigenvalue weighted by Gasteiger charge is 2.03. The van der Waals surface area contributed by atoms with Crippen LogP contribution in [0.15, 0.2) is 6.20 Å². The molecule has 0 saturated carbocycles. The third kappa shape index (κ3) is 10.8. The van der Waals surface area contributed by atoms with Crippen molar-refractivity contribution in [2.75, 3.05) is 0 Å². The zero-order valence-electron chi connectivity index (χ0n) is 15.6. The van der Waals surface area contributed by atoms with Crippen molar-refractivity contribution < 1.29 is 0 Å². The molecule has 0 unspecified atom stereocenters. The van der Waals surface area contributed by atoms with Crippen LogP contribution in [0.25, 0.3) is 0 Å². The highest BCUT2D eigenvalue weighted by atomic mass is 15.4. The van der Waals surface area contributed by atoms with Gasteiger partial charge in [0.25, 0.3) is 0 Å². The number of hydrogen-bond donors (Lipinski definition) is 0. The van der Waals surface area contributed by atoms with Gasteiger partial charge in [-0.25, -0.2) is 4.68 Å². The molecule has 1 heterocycles. The number of unbranched alkanes of at least 4 members (excludes halogenated alkanes) is 9. The van der Waals surface area contributed by atoms with E-state index in [-0.39, 0.29) is 0 Å². The van der Waals surface area contributed by atoms with Crippen molar-refractivity contribution in [3.05, 3.63) is 11.9 Å². The second-order valence-corrected chi connectivity index (χ2v) is 5.88. The lowest BCUT2D eigenvalue weighted by Crippen LogP contribution is -2.05. The van der Waals surface area contributed by atoms with Gasteiger partial charge >= 0.3 is 0 Å². The molecule has 3 nitrogen and oxygen atoms in total. The molecule has 0 spiro atoms. The van der Waals surface area contributed by atoms with Gasteiger partial charge in [0, 0.05) is 6.54 Å². The molecule has 22 heavy (non-hydrogen) atoms. The number of aromatic nitrogens is 3. The lowest BCUT2D eigenvalue weighted by Gasteiger charge is -2.06. The van der Waals surface area contributed by atoms with Gasteiger partial charge in [-0.05, 0) is 19.3 Å². The van der Waals surface area contributed by atoms with E-state index in [9.17, 15) is 0 Å². The molecule has 3 heteroatoms. The predicted octanol–water partition coefficient (Wildman–Crippen LogP) is 6.18. The monoisotopic (exact) mass is 309 g/mol. The molecule has 0 aliphatic carbocycles. The Balaban J connectivity index is 0.00000211. The minimum absolute atomic E-state index is 1.05. The van der Waals surface area contributed by atoms with Crippen molar-refractivity contribution in [2.45, 2.75) is 111 Å². The standard InChI is InChI=1S/C17H33N3.C2H6/c1-3-5-7-9-10-11-13-15-20-17(16-18-19-20)14-12-8-6-4-2;1-2/h16H,3-15H2,1-2H3;1-2H3. The second kappa shape index (κ2) is 16.5. The lowest BCUT2D eigenvalue weighted by atomic mass is 10.1. The maximum Gasteiger partial charge on any atom is 0.0725 e. The Morgan fingerprint density at radius 3 is 1.95 bits per heavy atom. The molecule has 0 bridgehead atoms. The molecule has 1 aromatic rings. The molecule has 0 aromatic carbocycles. The van der Waals surface area contributed by atoms with Crippen LogP contribution in [0.2, 0.25) is 0 Å². The van der Waals surface area contributed by atoms with Gasteiger partial charge in [0.05, 0.1) is 11.9 Å².